The zero-order chi connectivity index (χ0) is 14.4. The van der Waals surface area contributed by atoms with Crippen molar-refractivity contribution in [1.29, 1.82) is 0 Å². The second-order valence-corrected chi connectivity index (χ2v) is 16.7. The molecular weight excluding hydrogens is 270 g/mol. The highest BCUT2D eigenvalue weighted by Crippen LogP contribution is 2.32. The number of aromatic nitrogens is 4. The van der Waals surface area contributed by atoms with Gasteiger partial charge in [0.2, 0.25) is 0 Å². The Hall–Kier alpha value is -1.22. The minimum Gasteiger partial charge on any atom is -0.386 e. The van der Waals surface area contributed by atoms with Crippen molar-refractivity contribution in [2.24, 2.45) is 0 Å². The maximum Gasteiger partial charge on any atom is 0.184 e. The highest BCUT2D eigenvalue weighted by atomic mass is 28.3. The van der Waals surface area contributed by atoms with Gasteiger partial charge in [0.15, 0.2) is 14.1 Å². The lowest BCUT2D eigenvalue weighted by atomic mass is 10.4. The Kier molecular flexibility index (Phi) is 3.30. The molecule has 0 amide bonds. The Labute approximate surface area is 117 Å². The molecule has 2 aliphatic heterocycles. The summed E-state index contributed by atoms with van der Waals surface area (Å²) in [5.41, 5.74) is 0.926. The van der Waals surface area contributed by atoms with Gasteiger partial charge in [0.1, 0.15) is 26.1 Å². The smallest absolute Gasteiger partial charge is 0.184 e. The molecule has 104 valence electrons. The van der Waals surface area contributed by atoms with Gasteiger partial charge in [0, 0.05) is 0 Å². The minimum atomic E-state index is -1.54. The van der Waals surface area contributed by atoms with Crippen LogP contribution in [0.1, 0.15) is 0 Å². The summed E-state index contributed by atoms with van der Waals surface area (Å²) in [5.74, 6) is 1.93. The van der Waals surface area contributed by atoms with Crippen molar-refractivity contribution in [2.75, 3.05) is 11.6 Å². The number of rotatable bonds is 3. The van der Waals surface area contributed by atoms with Crippen LogP contribution in [0.25, 0.3) is 11.5 Å². The second-order valence-electron chi connectivity index (χ2n) is 6.88. The summed E-state index contributed by atoms with van der Waals surface area (Å²) in [6.45, 7) is 14.0. The van der Waals surface area contributed by atoms with E-state index in [4.69, 9.17) is 0 Å². The molecule has 2 heterocycles. The second kappa shape index (κ2) is 4.41. The van der Waals surface area contributed by atoms with Gasteiger partial charge < -0.3 is 8.80 Å². The van der Waals surface area contributed by atoms with Gasteiger partial charge in [-0.05, 0) is 7.05 Å². The number of anilines is 1. The molecule has 0 radical (unpaired) electrons. The first-order valence-electron chi connectivity index (χ1n) is 6.55. The van der Waals surface area contributed by atoms with Gasteiger partial charge in [-0.3, -0.25) is 0 Å². The van der Waals surface area contributed by atoms with Crippen molar-refractivity contribution in [3.63, 3.8) is 0 Å². The van der Waals surface area contributed by atoms with Gasteiger partial charge in [-0.15, -0.1) is 0 Å². The monoisotopic (exact) mass is 293 g/mol. The van der Waals surface area contributed by atoms with E-state index in [0.29, 0.717) is 0 Å². The molecule has 0 N–H and O–H groups in total. The fraction of sp³-hybridized carbons (Fsp3) is 0.583. The third-order valence-corrected chi connectivity index (χ3v) is 7.36. The zero-order valence-corrected chi connectivity index (χ0v) is 14.9. The third kappa shape index (κ3) is 2.57. The summed E-state index contributed by atoms with van der Waals surface area (Å²) in [7, 11) is -0.833. The summed E-state index contributed by atoms with van der Waals surface area (Å²) in [5, 5.41) is 0. The van der Waals surface area contributed by atoms with Crippen LogP contribution in [0.3, 0.4) is 0 Å². The summed E-state index contributed by atoms with van der Waals surface area (Å²) in [4.78, 5) is 13.1. The van der Waals surface area contributed by atoms with E-state index < -0.39 is 16.5 Å². The Bertz CT molecular complexity index is 552. The molecule has 0 saturated carbocycles. The predicted molar refractivity (Wildman–Crippen MR) is 84.9 cm³/mol. The van der Waals surface area contributed by atoms with Crippen molar-refractivity contribution >= 4 is 22.3 Å². The Balaban J connectivity index is 2.72. The van der Waals surface area contributed by atoms with E-state index >= 15 is 0 Å². The Morgan fingerprint density at radius 1 is 1.00 bits per heavy atom. The van der Waals surface area contributed by atoms with E-state index in [1.807, 2.05) is 6.33 Å². The average Bonchev–Trinajstić information content (AvgIpc) is 2.71. The quantitative estimate of drug-likeness (QED) is 0.816. The molecule has 2 rings (SSSR count). The topological polar surface area (TPSA) is 46.8 Å². The van der Waals surface area contributed by atoms with Crippen LogP contribution >= 0.6 is 0 Å². The Morgan fingerprint density at radius 2 is 1.63 bits per heavy atom. The largest absolute Gasteiger partial charge is 0.386 e. The van der Waals surface area contributed by atoms with Crippen LogP contribution in [0.5, 0.6) is 0 Å². The molecule has 0 bridgehead atoms. The number of hydrogen-bond donors (Lipinski definition) is 0. The third-order valence-electron chi connectivity index (χ3n) is 3.36. The van der Waals surface area contributed by atoms with Crippen LogP contribution in [0.4, 0.5) is 5.82 Å². The normalized spacial score (nSPS) is 13.0. The van der Waals surface area contributed by atoms with E-state index in [0.717, 1.165) is 11.5 Å². The van der Waals surface area contributed by atoms with Crippen LogP contribution in [0, 0.1) is 0 Å². The number of imidazole rings is 1. The van der Waals surface area contributed by atoms with Crippen molar-refractivity contribution in [2.45, 2.75) is 39.3 Å². The van der Waals surface area contributed by atoms with Gasteiger partial charge in [0.25, 0.3) is 0 Å². The van der Waals surface area contributed by atoms with Gasteiger partial charge in [0.05, 0.1) is 6.33 Å². The summed E-state index contributed by atoms with van der Waals surface area (Å²) in [6.07, 6.45) is 3.54. The fourth-order valence-electron chi connectivity index (χ4n) is 1.92. The highest BCUT2D eigenvalue weighted by molar-refractivity contribution is 6.80. The van der Waals surface area contributed by atoms with Gasteiger partial charge in [-0.1, -0.05) is 39.3 Å². The Morgan fingerprint density at radius 3 is 2.16 bits per heavy atom. The summed E-state index contributed by atoms with van der Waals surface area (Å²) in [6, 6.07) is 0. The minimum absolute atomic E-state index is 0.745. The lowest BCUT2D eigenvalue weighted by Crippen LogP contribution is -2.47. The number of nitrogens with zero attached hydrogens (tertiary/aromatic N) is 5. The molecule has 19 heavy (non-hydrogen) atoms. The maximum atomic E-state index is 4.45. The molecule has 0 aliphatic carbocycles. The van der Waals surface area contributed by atoms with Crippen molar-refractivity contribution in [1.82, 2.24) is 19.2 Å². The van der Waals surface area contributed by atoms with Crippen molar-refractivity contribution in [3.8, 4) is 11.5 Å². The van der Waals surface area contributed by atoms with E-state index in [2.05, 4.69) is 70.1 Å². The zero-order valence-electron chi connectivity index (χ0n) is 12.9. The van der Waals surface area contributed by atoms with E-state index in [1.165, 1.54) is 5.82 Å². The molecular formula is C12H23N5Si2. The van der Waals surface area contributed by atoms with Gasteiger partial charge >= 0.3 is 0 Å². The molecule has 0 aromatic rings. The molecule has 0 atom stereocenters. The van der Waals surface area contributed by atoms with E-state index in [9.17, 15) is 0 Å². The highest BCUT2D eigenvalue weighted by Gasteiger charge is 2.31. The number of fused-ring (bicyclic) bond motifs is 1. The SMILES string of the molecule is CN(c1c2ncnc-2ncn1[Si](C)(C)C)[Si](C)(C)C. The van der Waals surface area contributed by atoms with Crippen LogP contribution in [-0.2, 0) is 0 Å². The number of hydrogen-bond acceptors (Lipinski definition) is 4. The summed E-state index contributed by atoms with van der Waals surface area (Å²) >= 11 is 0. The van der Waals surface area contributed by atoms with Crippen LogP contribution in [0.15, 0.2) is 12.7 Å². The molecule has 0 fully saturated rings. The van der Waals surface area contributed by atoms with E-state index in [1.54, 1.807) is 6.33 Å². The molecule has 2 aliphatic rings. The lowest BCUT2D eigenvalue weighted by molar-refractivity contribution is 0.984. The summed E-state index contributed by atoms with van der Waals surface area (Å²) < 4.78 is 4.74. The fourth-order valence-corrected chi connectivity index (χ4v) is 4.17. The van der Waals surface area contributed by atoms with Gasteiger partial charge in [-0.2, -0.15) is 0 Å². The van der Waals surface area contributed by atoms with E-state index in [-0.39, 0.29) is 0 Å². The lowest BCUT2D eigenvalue weighted by Gasteiger charge is -2.38. The first-order chi connectivity index (χ1) is 8.62. The standard InChI is InChI=1S/C12H23N5Si2/c1-16(18(2,3)4)12-10-11(14-8-13-10)15-9-17(12)19(5,6)7/h8-9H,1-7H3. The van der Waals surface area contributed by atoms with Crippen LogP contribution in [0.2, 0.25) is 39.3 Å². The average molecular weight is 294 g/mol. The molecule has 0 unspecified atom stereocenters. The molecule has 0 aromatic heterocycles. The molecule has 0 aromatic carbocycles. The molecule has 0 saturated heterocycles. The first-order valence-corrected chi connectivity index (χ1v) is 13.4. The van der Waals surface area contributed by atoms with Gasteiger partial charge in [-0.25, -0.2) is 15.0 Å². The molecule has 5 nitrogen and oxygen atoms in total. The van der Waals surface area contributed by atoms with Crippen molar-refractivity contribution < 1.29 is 0 Å². The molecule has 7 heteroatoms. The van der Waals surface area contributed by atoms with Crippen LogP contribution < -0.4 is 4.57 Å². The predicted octanol–water partition coefficient (Wildman–Crippen LogP) is 2.73. The first kappa shape index (κ1) is 14.2. The van der Waals surface area contributed by atoms with Crippen molar-refractivity contribution in [3.05, 3.63) is 12.7 Å². The maximum absolute atomic E-state index is 4.45. The van der Waals surface area contributed by atoms with Crippen LogP contribution in [-0.4, -0.2) is 42.7 Å². The molecule has 0 spiro atoms.